The molecule has 35 nitrogen and oxygen atoms in total. The largest absolute Gasteiger partial charge is 0.472 e. The summed E-state index contributed by atoms with van der Waals surface area (Å²) in [5, 5.41) is 131. The van der Waals surface area contributed by atoms with Gasteiger partial charge in [0.1, 0.15) is 29.4 Å². The van der Waals surface area contributed by atoms with E-state index < -0.39 is 30.5 Å². The van der Waals surface area contributed by atoms with E-state index in [1.807, 2.05) is 12.2 Å². The van der Waals surface area contributed by atoms with Crippen LogP contribution in [-0.4, -0.2) is 210 Å². The van der Waals surface area contributed by atoms with Crippen molar-refractivity contribution < 1.29 is 270 Å². The summed E-state index contributed by atoms with van der Waals surface area (Å²) < 4.78 is 0. The Morgan fingerprint density at radius 2 is 0.656 bits per heavy atom. The molecular formula is C26H62N10O25Yb3+6. The molecule has 0 amide bonds. The number of hydrogen-bond acceptors (Lipinski definition) is 16. The Kier molecular flexibility index (Phi) is 81.6. The first-order chi connectivity index (χ1) is 27.9. The van der Waals surface area contributed by atoms with Crippen LogP contribution >= 0.6 is 0 Å². The van der Waals surface area contributed by atoms with Crippen molar-refractivity contribution in [1.82, 2.24) is 20.3 Å². The van der Waals surface area contributed by atoms with Gasteiger partial charge in [-0.3, -0.25) is 10.3 Å². The second-order valence-electron chi connectivity index (χ2n) is 10.8. The molecule has 3 saturated heterocycles. The first-order valence-electron chi connectivity index (χ1n) is 16.4. The molecule has 0 aliphatic carbocycles. The zero-order valence-electron chi connectivity index (χ0n) is 33.7. The molecule has 38 heteroatoms. The van der Waals surface area contributed by atoms with Gasteiger partial charge in [0.2, 0.25) is 0 Å². The van der Waals surface area contributed by atoms with Gasteiger partial charge in [0.25, 0.3) is 0 Å². The maximum atomic E-state index is 9.25. The van der Waals surface area contributed by atoms with Crippen molar-refractivity contribution in [3.05, 3.63) is 77.7 Å². The number of aliphatic hydroxyl groups is 2. The molecule has 4 aliphatic heterocycles. The van der Waals surface area contributed by atoms with E-state index in [2.05, 4.69) is 24.3 Å². The molecule has 0 unspecified atom stereocenters. The fourth-order valence-electron chi connectivity index (χ4n) is 4.42. The van der Waals surface area contributed by atoms with Crippen molar-refractivity contribution in [2.45, 2.75) is 38.5 Å². The molecule has 402 valence electrons. The number of nitrogens with zero attached hydrogens (tertiary/aromatic N) is 10. The van der Waals surface area contributed by atoms with Crippen molar-refractivity contribution >= 4 is 0 Å². The van der Waals surface area contributed by atoms with E-state index in [0.29, 0.717) is 24.3 Å². The zero-order chi connectivity index (χ0) is 48.2. The molecule has 3 fully saturated rings. The Labute approximate surface area is 478 Å². The smallest absolute Gasteiger partial charge is 0.412 e. The zero-order valence-corrected chi connectivity index (χ0v) is 38.9. The average molecular weight is 1430 g/mol. The Morgan fingerprint density at radius 1 is 0.453 bits per heavy atom. The number of hydrogen-bond donors (Lipinski definition) is 18. The third kappa shape index (κ3) is 90.7. The van der Waals surface area contributed by atoms with Crippen LogP contribution in [0.2, 0.25) is 0 Å². The van der Waals surface area contributed by atoms with Gasteiger partial charge in [0, 0.05) is 200 Å². The van der Waals surface area contributed by atoms with Gasteiger partial charge in [-0.15, -0.1) is 0 Å². The van der Waals surface area contributed by atoms with Crippen LogP contribution in [-0.2, 0) is 0 Å². The van der Waals surface area contributed by atoms with Crippen LogP contribution in [0.5, 0.6) is 0 Å². The molecule has 0 spiro atoms. The van der Waals surface area contributed by atoms with E-state index in [1.165, 1.54) is 15.2 Å². The number of piperidine rings is 3. The summed E-state index contributed by atoms with van der Waals surface area (Å²) in [4.78, 5) is 50.8. The van der Waals surface area contributed by atoms with Crippen LogP contribution in [0, 0.1) is 188 Å². The Balaban J connectivity index is -0.0000000702. The monoisotopic (exact) mass is 1440 g/mol. The molecule has 4 heterocycles. The van der Waals surface area contributed by atoms with Gasteiger partial charge in [-0.2, -0.15) is 15.2 Å². The Morgan fingerprint density at radius 3 is 0.844 bits per heavy atom. The van der Waals surface area contributed by atoms with Gasteiger partial charge in [0.15, 0.2) is 0 Å². The fraction of sp³-hybridized carbons (Fsp3) is 0.692. The Hall–Kier alpha value is -1.88. The summed E-state index contributed by atoms with van der Waals surface area (Å²) in [7, 11) is 2.00. The van der Waals surface area contributed by atoms with Crippen molar-refractivity contribution in [2.75, 3.05) is 60.0 Å². The maximum absolute atomic E-state index is 9.25. The normalized spacial score (nSPS) is 15.4. The van der Waals surface area contributed by atoms with E-state index in [4.69, 9.17) is 107 Å². The third-order valence-corrected chi connectivity index (χ3v) is 6.72. The summed E-state index contributed by atoms with van der Waals surface area (Å²) in [6.45, 7) is 5.25. The van der Waals surface area contributed by atoms with E-state index in [1.54, 1.807) is 6.20 Å². The van der Waals surface area contributed by atoms with Crippen molar-refractivity contribution in [3.8, 4) is 0 Å². The summed E-state index contributed by atoms with van der Waals surface area (Å²) in [5.41, 5.74) is 1.14. The number of aliphatic hydroxyl groups excluding tert-OH is 2. The molecule has 0 radical (unpaired) electrons. The van der Waals surface area contributed by atoms with Crippen molar-refractivity contribution in [1.29, 1.82) is 0 Å². The predicted octanol–water partition coefficient (Wildman–Crippen LogP) is -0.812. The molecule has 0 aromatic rings. The Bertz CT molecular complexity index is 1120. The van der Waals surface area contributed by atoms with Gasteiger partial charge >= 0.3 is 30.5 Å². The number of hydroxylamine groups is 8. The molecule has 0 atom stereocenters. The molecule has 20 N–H and O–H groups in total. The summed E-state index contributed by atoms with van der Waals surface area (Å²) in [6, 6.07) is 0. The van der Waals surface area contributed by atoms with E-state index in [0.717, 1.165) is 103 Å². The minimum Gasteiger partial charge on any atom is -0.412 e. The number of allylic oxidation sites excluding steroid dienone is 6. The summed E-state index contributed by atoms with van der Waals surface area (Å²) >= 11 is 0. The van der Waals surface area contributed by atoms with Gasteiger partial charge in [-0.05, 0) is 67.9 Å². The SMILES string of the molecule is CO.CO.O.O=[N+](O)O.O=[N+](O)O.O=[N+](O)O.O=[N+](O)O.O=[N+](O)O.O=[N+](O)O.ON1C=CC(C=CC2CCN(O)CC2)=CC1.ON1CCC(C=CC2CCN(O)CC2)CC1.[Yb].[Yb].[Yb]. The minimum atomic E-state index is -1.25. The van der Waals surface area contributed by atoms with Crippen molar-refractivity contribution in [3.63, 3.8) is 0 Å². The van der Waals surface area contributed by atoms with Gasteiger partial charge < -0.3 is 31.3 Å². The van der Waals surface area contributed by atoms with Crippen LogP contribution in [0.4, 0.5) is 0 Å². The summed E-state index contributed by atoms with van der Waals surface area (Å²) in [5.74, 6) is 1.83. The second-order valence-corrected chi connectivity index (χ2v) is 10.8. The van der Waals surface area contributed by atoms with Crippen LogP contribution in [0.25, 0.3) is 0 Å². The molecule has 0 saturated carbocycles. The predicted molar refractivity (Wildman–Crippen MR) is 185 cm³/mol. The average Bonchev–Trinajstić information content (AvgIpc) is 3.13. The summed E-state index contributed by atoms with van der Waals surface area (Å²) in [6.07, 6.45) is 20.8. The van der Waals surface area contributed by atoms with E-state index in [-0.39, 0.29) is 146 Å². The van der Waals surface area contributed by atoms with Crippen LogP contribution in [0.15, 0.2) is 48.2 Å². The standard InChI is InChI=1S/C12H22N2O2.C12H18N2O2.2CH4O.6H2NO3.H2O.3Yb/c2*15-13-7-3-11(4-8-13)1-2-12-5-9-14(16)10-6-12;2*1-2;6*2-1(3)4;;;;/h1-2,11-12,15-16H,3-10H2;1-4,7,12,15-16H,5-6,8-10H2;2*2H,1H3;6*(H2,2,3,4);1H2;;;/q;;;;6*+1;;;;. The van der Waals surface area contributed by atoms with Crippen molar-refractivity contribution in [2.24, 2.45) is 17.8 Å². The molecule has 0 aromatic carbocycles. The number of rotatable bonds is 4. The van der Waals surface area contributed by atoms with Crippen LogP contribution < -0.4 is 0 Å². The van der Waals surface area contributed by atoms with Gasteiger partial charge in [-0.25, -0.2) is 62.5 Å². The quantitative estimate of drug-likeness (QED) is 0.121. The first-order valence-corrected chi connectivity index (χ1v) is 16.4. The molecule has 0 bridgehead atoms. The van der Waals surface area contributed by atoms with E-state index >= 15 is 0 Å². The topological polar surface area (TPSA) is 529 Å². The fourth-order valence-corrected chi connectivity index (χ4v) is 4.42. The molecular weight excluding hydrogens is 1370 g/mol. The molecule has 4 aliphatic rings. The van der Waals surface area contributed by atoms with E-state index in [9.17, 15) is 15.6 Å². The maximum Gasteiger partial charge on any atom is 0.472 e. The molecule has 64 heavy (non-hydrogen) atoms. The van der Waals surface area contributed by atoms with Gasteiger partial charge in [-0.1, -0.05) is 30.4 Å². The minimum absolute atomic E-state index is 0. The third-order valence-electron chi connectivity index (χ3n) is 6.72. The molecule has 0 aromatic heterocycles. The molecule has 4 rings (SSSR count). The van der Waals surface area contributed by atoms with Crippen LogP contribution in [0.1, 0.15) is 38.5 Å². The first kappa shape index (κ1) is 85.4. The van der Waals surface area contributed by atoms with Crippen LogP contribution in [0.3, 0.4) is 0 Å². The second kappa shape index (κ2) is 61.1. The van der Waals surface area contributed by atoms with Gasteiger partial charge in [0.05, 0.1) is 6.54 Å².